The summed E-state index contributed by atoms with van der Waals surface area (Å²) >= 11 is 0. The van der Waals surface area contributed by atoms with Crippen LogP contribution in [0.3, 0.4) is 0 Å². The van der Waals surface area contributed by atoms with Crippen LogP contribution in [0.4, 0.5) is 0 Å². The van der Waals surface area contributed by atoms with Crippen molar-refractivity contribution in [3.8, 4) is 11.3 Å². The van der Waals surface area contributed by atoms with Gasteiger partial charge in [0, 0.05) is 16.8 Å². The van der Waals surface area contributed by atoms with Crippen molar-refractivity contribution in [3.05, 3.63) is 46.9 Å². The standard InChI is InChI=1S/C14H14N2/c1-9-4-3-5-13-11(9)6-7-12-10(2)15-8-16-14(12)13/h3-5,8H,6-7H2,1-2H3. The van der Waals surface area contributed by atoms with Gasteiger partial charge in [-0.1, -0.05) is 18.2 Å². The molecule has 0 saturated heterocycles. The molecular formula is C14H14N2. The van der Waals surface area contributed by atoms with E-state index in [9.17, 15) is 0 Å². The van der Waals surface area contributed by atoms with Gasteiger partial charge in [0.05, 0.1) is 5.69 Å². The Morgan fingerprint density at radius 2 is 1.81 bits per heavy atom. The highest BCUT2D eigenvalue weighted by atomic mass is 14.8. The van der Waals surface area contributed by atoms with E-state index in [4.69, 9.17) is 0 Å². The van der Waals surface area contributed by atoms with Crippen molar-refractivity contribution in [1.82, 2.24) is 9.97 Å². The zero-order chi connectivity index (χ0) is 11.1. The highest BCUT2D eigenvalue weighted by molar-refractivity contribution is 5.71. The zero-order valence-corrected chi connectivity index (χ0v) is 9.62. The fourth-order valence-corrected chi connectivity index (χ4v) is 2.54. The molecule has 16 heavy (non-hydrogen) atoms. The van der Waals surface area contributed by atoms with Crippen molar-refractivity contribution in [3.63, 3.8) is 0 Å². The molecule has 3 rings (SSSR count). The SMILES string of the molecule is Cc1cccc2c1CCc1c(C)ncnc1-2. The summed E-state index contributed by atoms with van der Waals surface area (Å²) in [6.07, 6.45) is 3.86. The highest BCUT2D eigenvalue weighted by Gasteiger charge is 2.19. The summed E-state index contributed by atoms with van der Waals surface area (Å²) in [6.45, 7) is 4.25. The third kappa shape index (κ3) is 1.26. The molecule has 2 nitrogen and oxygen atoms in total. The molecule has 2 heteroatoms. The van der Waals surface area contributed by atoms with Crippen molar-refractivity contribution in [2.24, 2.45) is 0 Å². The lowest BCUT2D eigenvalue weighted by atomic mass is 9.86. The topological polar surface area (TPSA) is 25.8 Å². The van der Waals surface area contributed by atoms with Crippen LogP contribution in [0, 0.1) is 13.8 Å². The van der Waals surface area contributed by atoms with Gasteiger partial charge in [-0.2, -0.15) is 0 Å². The lowest BCUT2D eigenvalue weighted by Gasteiger charge is -2.21. The largest absolute Gasteiger partial charge is 0.241 e. The predicted molar refractivity (Wildman–Crippen MR) is 64.4 cm³/mol. The first-order chi connectivity index (χ1) is 7.77. The van der Waals surface area contributed by atoms with Gasteiger partial charge < -0.3 is 0 Å². The summed E-state index contributed by atoms with van der Waals surface area (Å²) in [5, 5.41) is 0. The van der Waals surface area contributed by atoms with Crippen molar-refractivity contribution >= 4 is 0 Å². The van der Waals surface area contributed by atoms with Crippen LogP contribution >= 0.6 is 0 Å². The van der Waals surface area contributed by atoms with E-state index in [0.717, 1.165) is 24.2 Å². The molecule has 80 valence electrons. The van der Waals surface area contributed by atoms with E-state index in [1.807, 2.05) is 0 Å². The zero-order valence-electron chi connectivity index (χ0n) is 9.62. The second-order valence-electron chi connectivity index (χ2n) is 4.39. The predicted octanol–water partition coefficient (Wildman–Crippen LogP) is 2.86. The number of hydrogen-bond acceptors (Lipinski definition) is 2. The van der Waals surface area contributed by atoms with Crippen molar-refractivity contribution in [2.45, 2.75) is 26.7 Å². The second kappa shape index (κ2) is 3.41. The van der Waals surface area contributed by atoms with E-state index in [1.54, 1.807) is 6.33 Å². The van der Waals surface area contributed by atoms with Gasteiger partial charge in [-0.25, -0.2) is 9.97 Å². The first-order valence-corrected chi connectivity index (χ1v) is 5.66. The van der Waals surface area contributed by atoms with Crippen LogP contribution in [0.25, 0.3) is 11.3 Å². The minimum atomic E-state index is 1.07. The molecule has 0 saturated carbocycles. The van der Waals surface area contributed by atoms with Crippen LogP contribution in [0.1, 0.15) is 22.4 Å². The van der Waals surface area contributed by atoms with Gasteiger partial charge in [0.1, 0.15) is 6.33 Å². The summed E-state index contributed by atoms with van der Waals surface area (Å²) in [5.74, 6) is 0. The summed E-state index contributed by atoms with van der Waals surface area (Å²) in [5.41, 5.74) is 7.70. The van der Waals surface area contributed by atoms with Gasteiger partial charge in [0.25, 0.3) is 0 Å². The first-order valence-electron chi connectivity index (χ1n) is 5.66. The number of rotatable bonds is 0. The highest BCUT2D eigenvalue weighted by Crippen LogP contribution is 2.33. The van der Waals surface area contributed by atoms with Crippen LogP contribution in [0.15, 0.2) is 24.5 Å². The molecule has 0 radical (unpaired) electrons. The monoisotopic (exact) mass is 210 g/mol. The van der Waals surface area contributed by atoms with Crippen molar-refractivity contribution in [2.75, 3.05) is 0 Å². The maximum Gasteiger partial charge on any atom is 0.116 e. The molecule has 0 amide bonds. The van der Waals surface area contributed by atoms with E-state index in [2.05, 4.69) is 42.0 Å². The Labute approximate surface area is 95.4 Å². The number of aryl methyl sites for hydroxylation is 2. The molecule has 0 N–H and O–H groups in total. The minimum absolute atomic E-state index is 1.07. The van der Waals surface area contributed by atoms with Gasteiger partial charge >= 0.3 is 0 Å². The first kappa shape index (κ1) is 9.52. The van der Waals surface area contributed by atoms with Gasteiger partial charge in [-0.05, 0) is 37.8 Å². The molecule has 2 aromatic rings. The van der Waals surface area contributed by atoms with Gasteiger partial charge in [0.2, 0.25) is 0 Å². The second-order valence-corrected chi connectivity index (χ2v) is 4.39. The molecule has 1 aromatic carbocycles. The van der Waals surface area contributed by atoms with Gasteiger partial charge in [-0.15, -0.1) is 0 Å². The lowest BCUT2D eigenvalue weighted by molar-refractivity contribution is 0.883. The summed E-state index contributed by atoms with van der Waals surface area (Å²) in [6, 6.07) is 6.46. The van der Waals surface area contributed by atoms with Crippen LogP contribution < -0.4 is 0 Å². The molecule has 1 aliphatic carbocycles. The number of nitrogens with zero attached hydrogens (tertiary/aromatic N) is 2. The number of hydrogen-bond donors (Lipinski definition) is 0. The van der Waals surface area contributed by atoms with Gasteiger partial charge in [0.15, 0.2) is 0 Å². The quantitative estimate of drug-likeness (QED) is 0.668. The fourth-order valence-electron chi connectivity index (χ4n) is 2.54. The maximum absolute atomic E-state index is 4.45. The molecule has 0 bridgehead atoms. The van der Waals surface area contributed by atoms with E-state index in [1.165, 1.54) is 22.3 Å². The number of benzene rings is 1. The molecule has 1 heterocycles. The van der Waals surface area contributed by atoms with Crippen LogP contribution in [-0.2, 0) is 12.8 Å². The Balaban J connectivity index is 2.32. The number of aromatic nitrogens is 2. The average Bonchev–Trinajstić information content (AvgIpc) is 2.30. The molecule has 0 spiro atoms. The third-order valence-electron chi connectivity index (χ3n) is 3.45. The van der Waals surface area contributed by atoms with E-state index in [-0.39, 0.29) is 0 Å². The maximum atomic E-state index is 4.45. The Morgan fingerprint density at radius 3 is 2.69 bits per heavy atom. The summed E-state index contributed by atoms with van der Waals surface area (Å²) in [7, 11) is 0. The van der Waals surface area contributed by atoms with Crippen LogP contribution in [-0.4, -0.2) is 9.97 Å². The molecule has 0 unspecified atom stereocenters. The molecule has 1 aromatic heterocycles. The number of fused-ring (bicyclic) bond motifs is 3. The summed E-state index contributed by atoms with van der Waals surface area (Å²) in [4.78, 5) is 8.73. The molecular weight excluding hydrogens is 196 g/mol. The Morgan fingerprint density at radius 1 is 1.00 bits per heavy atom. The van der Waals surface area contributed by atoms with Crippen LogP contribution in [0.5, 0.6) is 0 Å². The summed E-state index contributed by atoms with van der Waals surface area (Å²) < 4.78 is 0. The Hall–Kier alpha value is -1.70. The molecule has 0 fully saturated rings. The minimum Gasteiger partial charge on any atom is -0.241 e. The molecule has 0 aliphatic heterocycles. The smallest absolute Gasteiger partial charge is 0.116 e. The van der Waals surface area contributed by atoms with E-state index < -0.39 is 0 Å². The van der Waals surface area contributed by atoms with Crippen molar-refractivity contribution in [1.29, 1.82) is 0 Å². The fraction of sp³-hybridized carbons (Fsp3) is 0.286. The Kier molecular flexibility index (Phi) is 2.03. The molecule has 1 aliphatic rings. The van der Waals surface area contributed by atoms with Crippen LogP contribution in [0.2, 0.25) is 0 Å². The van der Waals surface area contributed by atoms with E-state index in [0.29, 0.717) is 0 Å². The average molecular weight is 210 g/mol. The van der Waals surface area contributed by atoms with E-state index >= 15 is 0 Å². The van der Waals surface area contributed by atoms with Crippen molar-refractivity contribution < 1.29 is 0 Å². The Bertz CT molecular complexity index is 507. The van der Waals surface area contributed by atoms with Gasteiger partial charge in [-0.3, -0.25) is 0 Å². The lowest BCUT2D eigenvalue weighted by Crippen LogP contribution is -2.09. The third-order valence-corrected chi connectivity index (χ3v) is 3.45. The normalized spacial score (nSPS) is 13.1. The molecule has 0 atom stereocenters.